The first-order chi connectivity index (χ1) is 19.6. The summed E-state index contributed by atoms with van der Waals surface area (Å²) in [6.45, 7) is 9.72. The SMILES string of the molecule is CC1CCCCC1.CCOc1cc2c(c(F)c1F)OC(C)CC2.Cc1ccc2c(c1F)COc1c-2ccc(C)c1F.[HH]. The van der Waals surface area contributed by atoms with Crippen molar-refractivity contribution in [1.29, 1.82) is 0 Å². The summed E-state index contributed by atoms with van der Waals surface area (Å²) in [6.07, 6.45) is 8.86. The zero-order valence-electron chi connectivity index (χ0n) is 24.6. The molecule has 3 nitrogen and oxygen atoms in total. The molecule has 3 aromatic carbocycles. The van der Waals surface area contributed by atoms with Crippen LogP contribution in [0.25, 0.3) is 11.1 Å². The van der Waals surface area contributed by atoms with Crippen LogP contribution in [-0.4, -0.2) is 12.7 Å². The quantitative estimate of drug-likeness (QED) is 0.285. The standard InChI is InChI=1S/C15H12F2O.C12H14F2O2.C7H14.H2/c1-8-3-5-10-11-6-4-9(2)14(17)15(11)18-7-12(10)13(8)16;1-3-15-9-6-8-5-4-7(2)16-12(8)11(14)10(9)13;1-7-5-3-2-4-6-7;/h3-6H,7H2,1-2H3;6-7H,3-5H2,1-2H3;7H,2-6H2,1H3;1H. The summed E-state index contributed by atoms with van der Waals surface area (Å²) in [5.74, 6) is -1.25. The molecule has 224 valence electrons. The third-order valence-corrected chi connectivity index (χ3v) is 7.92. The fourth-order valence-corrected chi connectivity index (χ4v) is 5.42. The van der Waals surface area contributed by atoms with Gasteiger partial charge in [0.25, 0.3) is 0 Å². The second kappa shape index (κ2) is 13.6. The van der Waals surface area contributed by atoms with Gasteiger partial charge in [0.1, 0.15) is 12.4 Å². The van der Waals surface area contributed by atoms with Gasteiger partial charge in [-0.05, 0) is 69.2 Å². The van der Waals surface area contributed by atoms with Crippen molar-refractivity contribution >= 4 is 0 Å². The third-order valence-electron chi connectivity index (χ3n) is 7.92. The van der Waals surface area contributed by atoms with Crippen LogP contribution in [0.5, 0.6) is 17.2 Å². The summed E-state index contributed by atoms with van der Waals surface area (Å²) in [7, 11) is 0. The van der Waals surface area contributed by atoms with Gasteiger partial charge in [-0.1, -0.05) is 63.3 Å². The van der Waals surface area contributed by atoms with Crippen molar-refractivity contribution < 1.29 is 33.2 Å². The molecule has 0 aromatic heterocycles. The molecule has 0 N–H and O–H groups in total. The minimum atomic E-state index is -0.963. The maximum absolute atomic E-state index is 14.0. The molecule has 1 atom stereocenters. The van der Waals surface area contributed by atoms with Crippen molar-refractivity contribution in [2.75, 3.05) is 6.61 Å². The Labute approximate surface area is 242 Å². The Kier molecular flexibility index (Phi) is 10.2. The molecule has 41 heavy (non-hydrogen) atoms. The smallest absolute Gasteiger partial charge is 0.204 e. The minimum Gasteiger partial charge on any atom is -0.491 e. The highest BCUT2D eigenvalue weighted by molar-refractivity contribution is 5.76. The van der Waals surface area contributed by atoms with E-state index in [0.29, 0.717) is 40.8 Å². The van der Waals surface area contributed by atoms with E-state index in [1.54, 1.807) is 39.0 Å². The van der Waals surface area contributed by atoms with Crippen LogP contribution < -0.4 is 14.2 Å². The highest BCUT2D eigenvalue weighted by Crippen LogP contribution is 2.41. The van der Waals surface area contributed by atoms with Gasteiger partial charge in [-0.15, -0.1) is 0 Å². The Morgan fingerprint density at radius 1 is 0.805 bits per heavy atom. The number of benzene rings is 3. The van der Waals surface area contributed by atoms with Gasteiger partial charge in [-0.3, -0.25) is 0 Å². The summed E-state index contributed by atoms with van der Waals surface area (Å²) < 4.78 is 70.8. The highest BCUT2D eigenvalue weighted by Gasteiger charge is 2.26. The molecule has 2 aliphatic heterocycles. The van der Waals surface area contributed by atoms with Crippen LogP contribution >= 0.6 is 0 Å². The average molecular weight is 575 g/mol. The lowest BCUT2D eigenvalue weighted by Crippen LogP contribution is -2.20. The fraction of sp³-hybridized carbons (Fsp3) is 0.471. The Hall–Kier alpha value is -3.22. The molecule has 1 aliphatic carbocycles. The van der Waals surface area contributed by atoms with Crippen LogP contribution in [-0.2, 0) is 13.0 Å². The number of hydrogen-bond acceptors (Lipinski definition) is 3. The van der Waals surface area contributed by atoms with E-state index >= 15 is 0 Å². The maximum Gasteiger partial charge on any atom is 0.204 e. The predicted molar refractivity (Wildman–Crippen MR) is 156 cm³/mol. The highest BCUT2D eigenvalue weighted by atomic mass is 19.2. The first-order valence-corrected chi connectivity index (χ1v) is 14.6. The van der Waals surface area contributed by atoms with E-state index in [0.717, 1.165) is 17.9 Å². The van der Waals surface area contributed by atoms with Crippen molar-refractivity contribution in [2.24, 2.45) is 5.92 Å². The number of aryl methyl sites for hydroxylation is 3. The number of fused-ring (bicyclic) bond motifs is 4. The average Bonchev–Trinajstić information content (AvgIpc) is 2.97. The number of halogens is 4. The summed E-state index contributed by atoms with van der Waals surface area (Å²) in [5, 5.41) is 0. The largest absolute Gasteiger partial charge is 0.491 e. The van der Waals surface area contributed by atoms with Gasteiger partial charge >= 0.3 is 0 Å². The number of ether oxygens (including phenoxy) is 3. The zero-order valence-corrected chi connectivity index (χ0v) is 24.6. The normalized spacial score (nSPS) is 17.2. The topological polar surface area (TPSA) is 27.7 Å². The van der Waals surface area contributed by atoms with Gasteiger partial charge in [-0.2, -0.15) is 8.78 Å². The first kappa shape index (κ1) is 30.7. The Bertz CT molecular complexity index is 1310. The van der Waals surface area contributed by atoms with Crippen LogP contribution in [0.15, 0.2) is 30.3 Å². The molecule has 0 radical (unpaired) electrons. The van der Waals surface area contributed by atoms with Crippen molar-refractivity contribution in [3.63, 3.8) is 0 Å². The third kappa shape index (κ3) is 6.99. The van der Waals surface area contributed by atoms with Crippen LogP contribution in [0.3, 0.4) is 0 Å². The molecule has 2 heterocycles. The Morgan fingerprint density at radius 3 is 2.10 bits per heavy atom. The summed E-state index contributed by atoms with van der Waals surface area (Å²) in [6, 6.07) is 8.53. The molecular weight excluding hydrogens is 532 g/mol. The molecular formula is C34H42F4O3. The van der Waals surface area contributed by atoms with Crippen molar-refractivity contribution in [2.45, 2.75) is 92.3 Å². The summed E-state index contributed by atoms with van der Waals surface area (Å²) in [4.78, 5) is 0. The lowest BCUT2D eigenvalue weighted by molar-refractivity contribution is 0.178. The second-order valence-corrected chi connectivity index (χ2v) is 11.2. The van der Waals surface area contributed by atoms with Crippen molar-refractivity contribution in [1.82, 2.24) is 0 Å². The van der Waals surface area contributed by atoms with E-state index in [1.807, 2.05) is 13.0 Å². The minimum absolute atomic E-state index is 0. The van der Waals surface area contributed by atoms with E-state index in [-0.39, 0.29) is 43.0 Å². The Morgan fingerprint density at radius 2 is 1.46 bits per heavy atom. The van der Waals surface area contributed by atoms with Crippen LogP contribution in [0.4, 0.5) is 17.6 Å². The molecule has 0 saturated heterocycles. The van der Waals surface area contributed by atoms with Crippen molar-refractivity contribution in [3.05, 3.63) is 75.9 Å². The van der Waals surface area contributed by atoms with Crippen LogP contribution in [0.1, 0.15) is 83.0 Å². The molecule has 1 saturated carbocycles. The number of rotatable bonds is 2. The van der Waals surface area contributed by atoms with E-state index in [9.17, 15) is 17.6 Å². The summed E-state index contributed by atoms with van der Waals surface area (Å²) >= 11 is 0. The molecule has 3 aromatic rings. The summed E-state index contributed by atoms with van der Waals surface area (Å²) in [5.41, 5.74) is 3.64. The van der Waals surface area contributed by atoms with E-state index in [1.165, 1.54) is 38.2 Å². The van der Waals surface area contributed by atoms with Crippen molar-refractivity contribution in [3.8, 4) is 28.4 Å². The van der Waals surface area contributed by atoms with E-state index in [2.05, 4.69) is 6.92 Å². The van der Waals surface area contributed by atoms with E-state index < -0.39 is 11.6 Å². The maximum atomic E-state index is 14.0. The first-order valence-electron chi connectivity index (χ1n) is 14.6. The fourth-order valence-electron chi connectivity index (χ4n) is 5.42. The second-order valence-electron chi connectivity index (χ2n) is 11.2. The molecule has 6 rings (SSSR count). The van der Waals surface area contributed by atoms with Gasteiger partial charge in [0.05, 0.1) is 12.7 Å². The molecule has 0 spiro atoms. The van der Waals surface area contributed by atoms with E-state index in [4.69, 9.17) is 14.2 Å². The number of hydrogen-bond donors (Lipinski definition) is 0. The van der Waals surface area contributed by atoms with Gasteiger partial charge in [-0.25, -0.2) is 8.78 Å². The van der Waals surface area contributed by atoms with Crippen LogP contribution in [0, 0.1) is 43.0 Å². The molecule has 1 unspecified atom stereocenters. The molecule has 7 heteroatoms. The van der Waals surface area contributed by atoms with Gasteiger partial charge in [0, 0.05) is 18.1 Å². The molecule has 3 aliphatic rings. The lowest BCUT2D eigenvalue weighted by Gasteiger charge is -2.24. The molecule has 1 fully saturated rings. The zero-order chi connectivity index (χ0) is 29.7. The Balaban J connectivity index is 0.000000186. The monoisotopic (exact) mass is 574 g/mol. The molecule has 0 bridgehead atoms. The predicted octanol–water partition coefficient (Wildman–Crippen LogP) is 10.1. The lowest BCUT2D eigenvalue weighted by atomic mass is 9.91. The van der Waals surface area contributed by atoms with Gasteiger partial charge in [0.2, 0.25) is 11.6 Å². The molecule has 0 amide bonds. The van der Waals surface area contributed by atoms with Crippen LogP contribution in [0.2, 0.25) is 0 Å². The van der Waals surface area contributed by atoms with Gasteiger partial charge in [0.15, 0.2) is 23.1 Å². The van der Waals surface area contributed by atoms with Gasteiger partial charge < -0.3 is 14.2 Å².